The van der Waals surface area contributed by atoms with Crippen molar-refractivity contribution in [3.8, 4) is 0 Å². The van der Waals surface area contributed by atoms with E-state index in [2.05, 4.69) is 0 Å². The summed E-state index contributed by atoms with van der Waals surface area (Å²) in [5, 5.41) is 2.41. The summed E-state index contributed by atoms with van der Waals surface area (Å²) < 4.78 is 0. The highest BCUT2D eigenvalue weighted by Crippen LogP contribution is 2.24. The third kappa shape index (κ3) is 1.44. The fourth-order valence-electron chi connectivity index (χ4n) is 1.41. The van der Waals surface area contributed by atoms with Crippen molar-refractivity contribution >= 4 is 28.3 Å². The summed E-state index contributed by atoms with van der Waals surface area (Å²) in [7, 11) is 0. The Morgan fingerprint density at radius 2 is 1.93 bits per heavy atom. The van der Waals surface area contributed by atoms with Gasteiger partial charge in [-0.25, -0.2) is 0 Å². The number of hydrogen-bond acceptors (Lipinski definition) is 1. The highest BCUT2D eigenvalue weighted by Gasteiger charge is 2.05. The first kappa shape index (κ1) is 9.03. The molecule has 0 unspecified atom stereocenters. The van der Waals surface area contributed by atoms with Crippen LogP contribution in [0.4, 0.5) is 0 Å². The van der Waals surface area contributed by atoms with Crippen LogP contribution in [0.25, 0.3) is 10.8 Å². The van der Waals surface area contributed by atoms with Crippen molar-refractivity contribution in [3.05, 3.63) is 47.0 Å². The van der Waals surface area contributed by atoms with E-state index in [0.717, 1.165) is 10.8 Å². The quantitative estimate of drug-likeness (QED) is 0.764. The summed E-state index contributed by atoms with van der Waals surface area (Å²) in [5.41, 5.74) is 5.61. The number of halogens is 1. The summed E-state index contributed by atoms with van der Waals surface area (Å²) in [6.45, 7) is 0. The molecule has 70 valence electrons. The normalized spacial score (nSPS) is 10.4. The third-order valence-electron chi connectivity index (χ3n) is 2.10. The first-order chi connectivity index (χ1) is 6.68. The van der Waals surface area contributed by atoms with E-state index in [4.69, 9.17) is 17.3 Å². The fourth-order valence-corrected chi connectivity index (χ4v) is 1.70. The van der Waals surface area contributed by atoms with Crippen LogP contribution in [0, 0.1) is 0 Å². The molecule has 0 bridgehead atoms. The van der Waals surface area contributed by atoms with Crippen LogP contribution < -0.4 is 5.73 Å². The largest absolute Gasteiger partial charge is 0.366 e. The molecular formula is C11H8ClNO. The van der Waals surface area contributed by atoms with Crippen LogP contribution >= 0.6 is 11.6 Å². The molecular weight excluding hydrogens is 198 g/mol. The molecule has 0 saturated carbocycles. The number of carbonyl (C=O) groups excluding carboxylic acids is 1. The van der Waals surface area contributed by atoms with Gasteiger partial charge in [-0.3, -0.25) is 4.79 Å². The minimum atomic E-state index is -0.461. The first-order valence-corrected chi connectivity index (χ1v) is 4.54. The average molecular weight is 206 g/mol. The molecule has 2 aromatic rings. The van der Waals surface area contributed by atoms with E-state index >= 15 is 0 Å². The van der Waals surface area contributed by atoms with E-state index < -0.39 is 5.91 Å². The molecule has 0 radical (unpaired) electrons. The van der Waals surface area contributed by atoms with E-state index in [1.54, 1.807) is 12.1 Å². The SMILES string of the molecule is NC(=O)c1cc(Cl)c2ccccc2c1. The molecule has 2 rings (SSSR count). The van der Waals surface area contributed by atoms with Gasteiger partial charge < -0.3 is 5.73 Å². The smallest absolute Gasteiger partial charge is 0.248 e. The standard InChI is InChI=1S/C11H8ClNO/c12-10-6-8(11(13)14)5-7-3-1-2-4-9(7)10/h1-6H,(H2,13,14). The summed E-state index contributed by atoms with van der Waals surface area (Å²) in [6.07, 6.45) is 0. The molecule has 0 aliphatic carbocycles. The monoisotopic (exact) mass is 205 g/mol. The van der Waals surface area contributed by atoms with E-state index in [-0.39, 0.29) is 0 Å². The minimum absolute atomic E-state index is 0.439. The third-order valence-corrected chi connectivity index (χ3v) is 2.41. The Labute approximate surface area is 86.3 Å². The zero-order valence-electron chi connectivity index (χ0n) is 7.33. The second-order valence-corrected chi connectivity index (χ2v) is 3.45. The first-order valence-electron chi connectivity index (χ1n) is 4.16. The van der Waals surface area contributed by atoms with Crippen molar-refractivity contribution < 1.29 is 4.79 Å². The maximum absolute atomic E-state index is 11.0. The number of amides is 1. The van der Waals surface area contributed by atoms with Crippen LogP contribution in [0.3, 0.4) is 0 Å². The zero-order valence-corrected chi connectivity index (χ0v) is 8.08. The second kappa shape index (κ2) is 3.31. The van der Waals surface area contributed by atoms with Gasteiger partial charge in [-0.05, 0) is 17.5 Å². The Kier molecular flexibility index (Phi) is 2.14. The molecule has 0 atom stereocenters. The minimum Gasteiger partial charge on any atom is -0.366 e. The molecule has 0 aromatic heterocycles. The maximum atomic E-state index is 11.0. The summed E-state index contributed by atoms with van der Waals surface area (Å²) in [5.74, 6) is -0.461. The van der Waals surface area contributed by atoms with Crippen LogP contribution in [0.15, 0.2) is 36.4 Å². The van der Waals surface area contributed by atoms with Gasteiger partial charge in [0.15, 0.2) is 0 Å². The summed E-state index contributed by atoms with van der Waals surface area (Å²) in [6, 6.07) is 10.9. The number of primary amides is 1. The van der Waals surface area contributed by atoms with Crippen LogP contribution in [0.2, 0.25) is 5.02 Å². The highest BCUT2D eigenvalue weighted by molar-refractivity contribution is 6.36. The van der Waals surface area contributed by atoms with Crippen molar-refractivity contribution in [2.24, 2.45) is 5.73 Å². The Bertz CT molecular complexity index is 508. The zero-order chi connectivity index (χ0) is 10.1. The molecule has 0 aliphatic heterocycles. The number of hydrogen-bond donors (Lipinski definition) is 1. The molecule has 0 heterocycles. The van der Waals surface area contributed by atoms with Gasteiger partial charge in [-0.1, -0.05) is 35.9 Å². The lowest BCUT2D eigenvalue weighted by Crippen LogP contribution is -2.10. The molecule has 0 fully saturated rings. The summed E-state index contributed by atoms with van der Waals surface area (Å²) in [4.78, 5) is 11.0. The molecule has 2 N–H and O–H groups in total. The van der Waals surface area contributed by atoms with Gasteiger partial charge in [0.25, 0.3) is 0 Å². The van der Waals surface area contributed by atoms with Crippen LogP contribution in [0.1, 0.15) is 10.4 Å². The van der Waals surface area contributed by atoms with Gasteiger partial charge in [0.05, 0.1) is 0 Å². The Morgan fingerprint density at radius 1 is 1.21 bits per heavy atom. The maximum Gasteiger partial charge on any atom is 0.248 e. The van der Waals surface area contributed by atoms with Crippen molar-refractivity contribution in [3.63, 3.8) is 0 Å². The topological polar surface area (TPSA) is 43.1 Å². The number of fused-ring (bicyclic) bond motifs is 1. The number of benzene rings is 2. The van der Waals surface area contributed by atoms with Crippen molar-refractivity contribution in [1.29, 1.82) is 0 Å². The Balaban J connectivity index is 2.78. The molecule has 0 aliphatic rings. The molecule has 14 heavy (non-hydrogen) atoms. The van der Waals surface area contributed by atoms with E-state index in [1.165, 1.54) is 0 Å². The van der Waals surface area contributed by atoms with Gasteiger partial charge >= 0.3 is 0 Å². The van der Waals surface area contributed by atoms with Crippen LogP contribution in [0.5, 0.6) is 0 Å². The van der Waals surface area contributed by atoms with E-state index in [0.29, 0.717) is 10.6 Å². The molecule has 1 amide bonds. The van der Waals surface area contributed by atoms with Gasteiger partial charge in [0.2, 0.25) is 5.91 Å². The highest BCUT2D eigenvalue weighted by atomic mass is 35.5. The lowest BCUT2D eigenvalue weighted by Gasteiger charge is -2.02. The van der Waals surface area contributed by atoms with Gasteiger partial charge in [0.1, 0.15) is 0 Å². The summed E-state index contributed by atoms with van der Waals surface area (Å²) >= 11 is 6.00. The van der Waals surface area contributed by atoms with Crippen molar-refractivity contribution in [2.75, 3.05) is 0 Å². The number of carbonyl (C=O) groups is 1. The molecule has 2 nitrogen and oxygen atoms in total. The predicted molar refractivity (Wildman–Crippen MR) is 57.5 cm³/mol. The van der Waals surface area contributed by atoms with E-state index in [1.807, 2.05) is 24.3 Å². The molecule has 3 heteroatoms. The lowest BCUT2D eigenvalue weighted by atomic mass is 10.1. The van der Waals surface area contributed by atoms with Crippen LogP contribution in [-0.2, 0) is 0 Å². The predicted octanol–water partition coefficient (Wildman–Crippen LogP) is 2.59. The molecule has 0 spiro atoms. The molecule has 2 aromatic carbocycles. The van der Waals surface area contributed by atoms with Crippen LogP contribution in [-0.4, -0.2) is 5.91 Å². The van der Waals surface area contributed by atoms with Gasteiger partial charge in [-0.2, -0.15) is 0 Å². The van der Waals surface area contributed by atoms with E-state index in [9.17, 15) is 4.79 Å². The Hall–Kier alpha value is -1.54. The van der Waals surface area contributed by atoms with Crippen molar-refractivity contribution in [2.45, 2.75) is 0 Å². The second-order valence-electron chi connectivity index (χ2n) is 3.04. The lowest BCUT2D eigenvalue weighted by molar-refractivity contribution is 0.100. The number of rotatable bonds is 1. The van der Waals surface area contributed by atoms with Gasteiger partial charge in [0, 0.05) is 16.0 Å². The number of nitrogens with two attached hydrogens (primary N) is 1. The van der Waals surface area contributed by atoms with Gasteiger partial charge in [-0.15, -0.1) is 0 Å². The fraction of sp³-hybridized carbons (Fsp3) is 0. The average Bonchev–Trinajstić information content (AvgIpc) is 2.17. The Morgan fingerprint density at radius 3 is 2.64 bits per heavy atom. The van der Waals surface area contributed by atoms with Crippen molar-refractivity contribution in [1.82, 2.24) is 0 Å². The molecule has 0 saturated heterocycles.